The predicted molar refractivity (Wildman–Crippen MR) is 350 cm³/mol. The van der Waals surface area contributed by atoms with Crippen LogP contribution in [0.2, 0.25) is 18.1 Å². The van der Waals surface area contributed by atoms with E-state index in [0.29, 0.717) is 22.6 Å². The third-order valence-corrected chi connectivity index (χ3v) is 23.9. The average Bonchev–Trinajstić information content (AvgIpc) is 1.56. The standard InChI is InChI=1S/C64H68FN11O14P2SSi/c1-63(2,3)94(6,7)90-53-47(34-83-64(42-22-15-10-16-23-42,43-24-28-45(81-4)29-25-43)44-26-30-46(82-5)31-27-44)87-62(76-39-72-51-56(68-37-70-58(51)76)74-60(78)41-20-13-9-14-21-41)54(53)89-92(93,84-33-17-32-66)85-35-48-52(88-91(79)80)49(65)61(86-48)75-38-71-50-55(67-36-69-57(50)75)73-59(77)40-18-11-8-12-19-40/h8-16,18-31,36-39,47-49,52-54,61-62,91H,17,33-35H2,1-7H3,(H,79,80)(H,67,69,73,77)(H,68,70,74,78)/t47-,48-,49-,52-,53-,54-,61-,62-,92?/m1/s1. The molecule has 2 aliphatic rings. The molecule has 10 atom stereocenters. The molecule has 9 aromatic rings. The van der Waals surface area contributed by atoms with Crippen molar-refractivity contribution in [3.63, 3.8) is 0 Å². The fraction of sp³-hybridized carbons (Fsp3) is 0.328. The van der Waals surface area contributed by atoms with Gasteiger partial charge in [-0.05, 0) is 95.2 Å². The molecule has 2 aliphatic heterocycles. The second kappa shape index (κ2) is 28.9. The lowest BCUT2D eigenvalue weighted by Crippen LogP contribution is -2.50. The number of halogens is 1. The summed E-state index contributed by atoms with van der Waals surface area (Å²) in [7, 11) is -3.69. The molecule has 0 bridgehead atoms. The third kappa shape index (κ3) is 14.3. The van der Waals surface area contributed by atoms with Gasteiger partial charge in [0.15, 0.2) is 60.9 Å². The van der Waals surface area contributed by atoms with Crippen molar-refractivity contribution in [2.24, 2.45) is 0 Å². The number of benzene rings is 5. The van der Waals surface area contributed by atoms with Crippen LogP contribution in [0.4, 0.5) is 16.0 Å². The minimum Gasteiger partial charge on any atom is -0.497 e. The number of aromatic nitrogens is 8. The SMILES string of the molecule is COc1ccc(C(OC[C@H]2O[C@@H](n3cnc4c(NC(=O)c5ccccc5)ncnc43)[C@H](OP(=S)(OCCC#N)OC[C@H]3O[C@@H](n4cnc5c(NC(=O)c6ccccc6)ncnc54)[C@H](F)[C@@H]3O[PH](=O)O)[C@@H]2O[Si](C)(C)C(C)(C)C)(c2ccccc2)c2ccc(OC)cc2)cc1. The number of carbonyl (C=O) groups excluding carboxylic acids is 2. The zero-order valence-corrected chi connectivity index (χ0v) is 55.8. The second-order valence-corrected chi connectivity index (χ2v) is 31.9. The second-order valence-electron chi connectivity index (χ2n) is 23.4. The molecular weight excluding hydrogens is 1290 g/mol. The summed E-state index contributed by atoms with van der Waals surface area (Å²) >= 11 is 6.38. The minimum atomic E-state index is -4.36. The normalized spacial score (nSPS) is 20.9. The van der Waals surface area contributed by atoms with Crippen LogP contribution in [0, 0.1) is 11.3 Å². The summed E-state index contributed by atoms with van der Waals surface area (Å²) in [6.07, 6.45) is -7.08. The maximum absolute atomic E-state index is 17.2. The lowest BCUT2D eigenvalue weighted by molar-refractivity contribution is -0.0930. The van der Waals surface area contributed by atoms with E-state index < -0.39 is 101 Å². The number of alkyl halides is 1. The molecular formula is C64H68FN11O14P2SSi. The fourth-order valence-electron chi connectivity index (χ4n) is 10.8. The van der Waals surface area contributed by atoms with Gasteiger partial charge in [0.05, 0.1) is 59.2 Å². The Morgan fingerprint density at radius 3 is 1.65 bits per heavy atom. The van der Waals surface area contributed by atoms with E-state index >= 15 is 4.39 Å². The molecule has 6 heterocycles. The van der Waals surface area contributed by atoms with Crippen molar-refractivity contribution in [3.05, 3.63) is 193 Å². The van der Waals surface area contributed by atoms with Gasteiger partial charge in [0.1, 0.15) is 60.3 Å². The van der Waals surface area contributed by atoms with E-state index in [0.717, 1.165) is 23.0 Å². The number of carbonyl (C=O) groups is 2. The Morgan fingerprint density at radius 1 is 0.681 bits per heavy atom. The van der Waals surface area contributed by atoms with Crippen molar-refractivity contribution in [3.8, 4) is 17.6 Å². The molecule has 30 heteroatoms. The quantitative estimate of drug-likeness (QED) is 0.0196. The molecule has 2 saturated heterocycles. The highest BCUT2D eigenvalue weighted by atomic mass is 32.5. The zero-order chi connectivity index (χ0) is 66.4. The topological polar surface area (TPSA) is 299 Å². The first kappa shape index (κ1) is 67.3. The molecule has 3 N–H and O–H groups in total. The Bertz CT molecular complexity index is 4190. The first-order valence-electron chi connectivity index (χ1n) is 29.8. The highest BCUT2D eigenvalue weighted by molar-refractivity contribution is 8.07. The summed E-state index contributed by atoms with van der Waals surface area (Å²) < 4.78 is 98.2. The summed E-state index contributed by atoms with van der Waals surface area (Å²) in [6.45, 7) is 4.74. The number of fused-ring (bicyclic) bond motifs is 2. The van der Waals surface area contributed by atoms with Gasteiger partial charge in [-0.15, -0.1) is 0 Å². The smallest absolute Gasteiger partial charge is 0.327 e. The molecule has 11 rings (SSSR count). The Morgan fingerprint density at radius 2 is 1.16 bits per heavy atom. The number of methoxy groups -OCH3 is 2. The van der Waals surface area contributed by atoms with Gasteiger partial charge in [0.25, 0.3) is 11.8 Å². The van der Waals surface area contributed by atoms with Gasteiger partial charge in [0.2, 0.25) is 0 Å². The summed E-state index contributed by atoms with van der Waals surface area (Å²) in [5.41, 5.74) is 1.98. The van der Waals surface area contributed by atoms with Gasteiger partial charge in [-0.25, -0.2) is 34.3 Å². The van der Waals surface area contributed by atoms with Gasteiger partial charge in [-0.3, -0.25) is 27.8 Å². The van der Waals surface area contributed by atoms with Gasteiger partial charge in [-0.2, -0.15) is 5.26 Å². The van der Waals surface area contributed by atoms with Crippen LogP contribution < -0.4 is 20.1 Å². The van der Waals surface area contributed by atoms with E-state index in [4.69, 9.17) is 63.0 Å². The van der Waals surface area contributed by atoms with Crippen LogP contribution in [0.3, 0.4) is 0 Å². The number of hydrogen-bond donors (Lipinski definition) is 3. The molecule has 25 nitrogen and oxygen atoms in total. The summed E-state index contributed by atoms with van der Waals surface area (Å²) in [6, 6.07) is 43.8. The number of hydrogen-bond acceptors (Lipinski definition) is 21. The number of nitrogens with zero attached hydrogens (tertiary/aromatic N) is 9. The predicted octanol–water partition coefficient (Wildman–Crippen LogP) is 11.0. The van der Waals surface area contributed by atoms with Crippen molar-refractivity contribution < 1.29 is 69.6 Å². The maximum Gasteiger partial charge on any atom is 0.327 e. The van der Waals surface area contributed by atoms with Gasteiger partial charge >= 0.3 is 15.0 Å². The summed E-state index contributed by atoms with van der Waals surface area (Å²) in [4.78, 5) is 64.0. The highest BCUT2D eigenvalue weighted by Gasteiger charge is 2.56. The van der Waals surface area contributed by atoms with E-state index in [-0.39, 0.29) is 53.6 Å². The molecule has 0 saturated carbocycles. The Hall–Kier alpha value is -8.10. The molecule has 0 aliphatic carbocycles. The number of ether oxygens (including phenoxy) is 5. The van der Waals surface area contributed by atoms with E-state index in [1.807, 2.05) is 78.9 Å². The van der Waals surface area contributed by atoms with Crippen LogP contribution in [0.5, 0.6) is 11.5 Å². The van der Waals surface area contributed by atoms with Gasteiger partial charge < -0.3 is 57.2 Å². The number of anilines is 2. The van der Waals surface area contributed by atoms with Crippen molar-refractivity contribution >= 4 is 80.9 Å². The summed E-state index contributed by atoms with van der Waals surface area (Å²) in [5, 5.41) is 15.0. The molecule has 2 amide bonds. The molecule has 0 radical (unpaired) electrons. The fourth-order valence-corrected chi connectivity index (χ4v) is 14.7. The number of imidazole rings is 2. The zero-order valence-electron chi connectivity index (χ0n) is 52.0. The molecule has 5 aromatic carbocycles. The van der Waals surface area contributed by atoms with Crippen LogP contribution in [-0.2, 0) is 58.7 Å². The van der Waals surface area contributed by atoms with E-state index in [9.17, 15) is 24.3 Å². The number of nitrogens with one attached hydrogen (secondary N) is 2. The lowest BCUT2D eigenvalue weighted by atomic mass is 9.80. The number of amides is 2. The number of rotatable bonds is 26. The molecule has 2 fully saturated rings. The maximum atomic E-state index is 17.2. The average molecular weight is 1360 g/mol. The molecule has 0 spiro atoms. The Balaban J connectivity index is 0.997. The van der Waals surface area contributed by atoms with E-state index in [1.165, 1.54) is 23.5 Å². The van der Waals surface area contributed by atoms with Crippen molar-refractivity contribution in [1.29, 1.82) is 5.26 Å². The Kier molecular flexibility index (Phi) is 20.7. The Labute approximate surface area is 547 Å². The monoisotopic (exact) mass is 1360 g/mol. The summed E-state index contributed by atoms with van der Waals surface area (Å²) in [5.74, 6) is 0.362. The molecule has 94 heavy (non-hydrogen) atoms. The van der Waals surface area contributed by atoms with E-state index in [2.05, 4.69) is 75.5 Å². The van der Waals surface area contributed by atoms with Gasteiger partial charge in [-0.1, -0.05) is 112 Å². The van der Waals surface area contributed by atoms with Crippen molar-refractivity contribution in [2.45, 2.75) is 100 Å². The minimum absolute atomic E-state index is 0.0155. The number of nitriles is 1. The lowest BCUT2D eigenvalue weighted by Gasteiger charge is -2.42. The van der Waals surface area contributed by atoms with Crippen molar-refractivity contribution in [2.75, 3.05) is 44.7 Å². The largest absolute Gasteiger partial charge is 0.497 e. The van der Waals surface area contributed by atoms with Crippen LogP contribution >= 0.6 is 15.0 Å². The van der Waals surface area contributed by atoms with Crippen LogP contribution in [0.25, 0.3) is 22.3 Å². The highest BCUT2D eigenvalue weighted by Crippen LogP contribution is 2.57. The van der Waals surface area contributed by atoms with Gasteiger partial charge in [0, 0.05) is 11.1 Å². The molecule has 4 aromatic heterocycles. The van der Waals surface area contributed by atoms with Crippen LogP contribution in [0.1, 0.15) is 77.1 Å². The first-order valence-corrected chi connectivity index (χ1v) is 36.5. The first-order chi connectivity index (χ1) is 45.2. The van der Waals surface area contributed by atoms with E-state index in [1.54, 1.807) is 79.5 Å². The van der Waals surface area contributed by atoms with Crippen LogP contribution in [0.15, 0.2) is 165 Å². The molecule has 2 unspecified atom stereocenters. The van der Waals surface area contributed by atoms with Crippen LogP contribution in [-0.4, -0.2) is 135 Å². The molecule has 490 valence electrons. The third-order valence-electron chi connectivity index (χ3n) is 16.6. The van der Waals surface area contributed by atoms with Crippen molar-refractivity contribution in [1.82, 2.24) is 39.0 Å².